The highest BCUT2D eigenvalue weighted by atomic mass is 79.9. The normalized spacial score (nSPS) is 20.1. The van der Waals surface area contributed by atoms with Gasteiger partial charge in [0.05, 0.1) is 6.54 Å². The Kier molecular flexibility index (Phi) is 3.85. The molecule has 0 unspecified atom stereocenters. The third kappa shape index (κ3) is 2.76. The molecule has 2 aliphatic heterocycles. The molecule has 1 aromatic rings. The van der Waals surface area contributed by atoms with Crippen molar-refractivity contribution in [3.63, 3.8) is 0 Å². The largest absolute Gasteiger partial charge is 0.398 e. The molecule has 20 heavy (non-hydrogen) atoms. The van der Waals surface area contributed by atoms with Gasteiger partial charge in [0.25, 0.3) is 0 Å². The molecule has 0 spiro atoms. The summed E-state index contributed by atoms with van der Waals surface area (Å²) in [5.74, 6) is 0.846. The highest BCUT2D eigenvalue weighted by molar-refractivity contribution is 9.10. The van der Waals surface area contributed by atoms with Gasteiger partial charge < -0.3 is 20.9 Å². The average molecular weight is 339 g/mol. The van der Waals surface area contributed by atoms with E-state index < -0.39 is 0 Å². The molecule has 2 heterocycles. The number of nitrogen functional groups attached to an aromatic ring is 1. The number of nitrogens with two attached hydrogens (primary N) is 1. The van der Waals surface area contributed by atoms with Crippen molar-refractivity contribution in [2.75, 3.05) is 49.9 Å². The smallest absolute Gasteiger partial charge is 0.242 e. The van der Waals surface area contributed by atoms with E-state index in [0.29, 0.717) is 18.2 Å². The van der Waals surface area contributed by atoms with E-state index in [1.165, 1.54) is 0 Å². The number of nitrogens with zero attached hydrogens (tertiary/aromatic N) is 2. The number of rotatable bonds is 3. The predicted molar refractivity (Wildman–Crippen MR) is 83.7 cm³/mol. The summed E-state index contributed by atoms with van der Waals surface area (Å²) in [6.45, 7) is 5.08. The van der Waals surface area contributed by atoms with Crippen LogP contribution in [-0.4, -0.2) is 50.1 Å². The van der Waals surface area contributed by atoms with Crippen LogP contribution in [0.2, 0.25) is 0 Å². The molecule has 2 saturated heterocycles. The quantitative estimate of drug-likeness (QED) is 0.804. The minimum atomic E-state index is 0.213. The molecule has 2 fully saturated rings. The van der Waals surface area contributed by atoms with Gasteiger partial charge in [0.1, 0.15) is 0 Å². The van der Waals surface area contributed by atoms with Gasteiger partial charge in [0.2, 0.25) is 5.91 Å². The van der Waals surface area contributed by atoms with Crippen molar-refractivity contribution in [2.24, 2.45) is 5.92 Å². The van der Waals surface area contributed by atoms with Gasteiger partial charge in [0.15, 0.2) is 0 Å². The summed E-state index contributed by atoms with van der Waals surface area (Å²) in [7, 11) is 0. The van der Waals surface area contributed by atoms with Crippen LogP contribution < -0.4 is 16.0 Å². The number of halogens is 1. The van der Waals surface area contributed by atoms with Crippen LogP contribution in [0.5, 0.6) is 0 Å². The topological polar surface area (TPSA) is 61.6 Å². The lowest BCUT2D eigenvalue weighted by molar-refractivity contribution is -0.131. The van der Waals surface area contributed by atoms with Crippen molar-refractivity contribution in [3.8, 4) is 0 Å². The molecule has 6 heteroatoms. The predicted octanol–water partition coefficient (Wildman–Crippen LogP) is 0.899. The Bertz CT molecular complexity index is 518. The molecule has 0 aliphatic carbocycles. The van der Waals surface area contributed by atoms with Crippen LogP contribution in [0.1, 0.15) is 0 Å². The minimum Gasteiger partial charge on any atom is -0.398 e. The minimum absolute atomic E-state index is 0.213. The summed E-state index contributed by atoms with van der Waals surface area (Å²) in [6.07, 6.45) is 0. The van der Waals surface area contributed by atoms with Crippen molar-refractivity contribution >= 4 is 33.2 Å². The summed E-state index contributed by atoms with van der Waals surface area (Å²) < 4.78 is 0.892. The van der Waals surface area contributed by atoms with E-state index in [1.54, 1.807) is 0 Å². The summed E-state index contributed by atoms with van der Waals surface area (Å²) in [6, 6.07) is 5.85. The molecule has 5 nitrogen and oxygen atoms in total. The van der Waals surface area contributed by atoms with Crippen LogP contribution in [0, 0.1) is 5.92 Å². The first-order valence-corrected chi connectivity index (χ1v) is 7.71. The van der Waals surface area contributed by atoms with Crippen molar-refractivity contribution < 1.29 is 4.79 Å². The van der Waals surface area contributed by atoms with E-state index in [9.17, 15) is 4.79 Å². The third-order valence-electron chi connectivity index (χ3n) is 4.01. The molecule has 0 radical (unpaired) electrons. The Balaban J connectivity index is 1.63. The van der Waals surface area contributed by atoms with E-state index >= 15 is 0 Å². The number of carbonyl (C=O) groups is 1. The number of hydrogen-bond acceptors (Lipinski definition) is 4. The second kappa shape index (κ2) is 5.61. The molecular weight excluding hydrogens is 320 g/mol. The Labute approximate surface area is 127 Å². The lowest BCUT2D eigenvalue weighted by atomic mass is 10.0. The fraction of sp³-hybridized carbons (Fsp3) is 0.500. The second-order valence-electron chi connectivity index (χ2n) is 5.49. The maximum absolute atomic E-state index is 12.2. The van der Waals surface area contributed by atoms with Crippen LogP contribution in [0.25, 0.3) is 0 Å². The van der Waals surface area contributed by atoms with Crippen LogP contribution in [-0.2, 0) is 4.79 Å². The summed E-state index contributed by atoms with van der Waals surface area (Å²) in [5, 5.41) is 3.25. The second-order valence-corrected chi connectivity index (χ2v) is 6.35. The number of benzene rings is 1. The summed E-state index contributed by atoms with van der Waals surface area (Å²) in [5.41, 5.74) is 7.63. The lowest BCUT2D eigenvalue weighted by Crippen LogP contribution is -2.55. The molecule has 2 aliphatic rings. The number of carbonyl (C=O) groups excluding carboxylic acids is 1. The number of nitrogens with one attached hydrogen (secondary N) is 1. The van der Waals surface area contributed by atoms with E-state index in [1.807, 2.05) is 23.1 Å². The Hall–Kier alpha value is -1.27. The van der Waals surface area contributed by atoms with Gasteiger partial charge in [-0.25, -0.2) is 0 Å². The third-order valence-corrected chi connectivity index (χ3v) is 4.73. The zero-order chi connectivity index (χ0) is 14.1. The number of anilines is 2. The average Bonchev–Trinajstić information content (AvgIpc) is 2.38. The number of hydrogen-bond donors (Lipinski definition) is 2. The zero-order valence-corrected chi connectivity index (χ0v) is 12.9. The van der Waals surface area contributed by atoms with E-state index in [0.717, 1.165) is 42.9 Å². The molecule has 0 aromatic heterocycles. The molecule has 1 amide bonds. The van der Waals surface area contributed by atoms with Gasteiger partial charge in [-0.05, 0) is 34.1 Å². The van der Waals surface area contributed by atoms with E-state index in [2.05, 4.69) is 26.1 Å². The Morgan fingerprint density at radius 3 is 2.75 bits per heavy atom. The van der Waals surface area contributed by atoms with Gasteiger partial charge in [0, 0.05) is 54.5 Å². The van der Waals surface area contributed by atoms with Crippen molar-refractivity contribution in [1.82, 2.24) is 10.2 Å². The standard InChI is InChI=1S/C14H19BrN4O/c15-12-2-1-11(5-13(12)16)18-3-4-19(14(20)9-18)8-10-6-17-7-10/h1-2,5,10,17H,3-4,6-9,16H2. The van der Waals surface area contributed by atoms with Gasteiger partial charge >= 0.3 is 0 Å². The zero-order valence-electron chi connectivity index (χ0n) is 11.3. The molecule has 0 bridgehead atoms. The maximum atomic E-state index is 12.2. The highest BCUT2D eigenvalue weighted by Gasteiger charge is 2.28. The summed E-state index contributed by atoms with van der Waals surface area (Å²) >= 11 is 3.39. The Morgan fingerprint density at radius 1 is 1.35 bits per heavy atom. The SMILES string of the molecule is Nc1cc(N2CCN(CC3CNC3)C(=O)C2)ccc1Br. The van der Waals surface area contributed by atoms with Gasteiger partial charge in [-0.1, -0.05) is 0 Å². The molecule has 0 saturated carbocycles. The monoisotopic (exact) mass is 338 g/mol. The molecule has 3 rings (SSSR count). The first kappa shape index (κ1) is 13.7. The number of amides is 1. The molecule has 1 aromatic carbocycles. The molecule has 0 atom stereocenters. The Morgan fingerprint density at radius 2 is 2.15 bits per heavy atom. The van der Waals surface area contributed by atoms with Gasteiger partial charge in [-0.2, -0.15) is 0 Å². The molecule has 3 N–H and O–H groups in total. The van der Waals surface area contributed by atoms with Crippen LogP contribution >= 0.6 is 15.9 Å². The fourth-order valence-corrected chi connectivity index (χ4v) is 2.89. The number of piperazine rings is 1. The van der Waals surface area contributed by atoms with Crippen LogP contribution in [0.15, 0.2) is 22.7 Å². The highest BCUT2D eigenvalue weighted by Crippen LogP contribution is 2.26. The lowest BCUT2D eigenvalue weighted by Gasteiger charge is -2.39. The first-order chi connectivity index (χ1) is 9.63. The van der Waals surface area contributed by atoms with E-state index in [-0.39, 0.29) is 5.91 Å². The fourth-order valence-electron chi connectivity index (χ4n) is 2.64. The van der Waals surface area contributed by atoms with Crippen molar-refractivity contribution in [2.45, 2.75) is 0 Å². The molecule has 108 valence electrons. The van der Waals surface area contributed by atoms with Gasteiger partial charge in [-0.3, -0.25) is 4.79 Å². The van der Waals surface area contributed by atoms with E-state index in [4.69, 9.17) is 5.73 Å². The summed E-state index contributed by atoms with van der Waals surface area (Å²) in [4.78, 5) is 16.3. The van der Waals surface area contributed by atoms with Crippen LogP contribution in [0.3, 0.4) is 0 Å². The van der Waals surface area contributed by atoms with Crippen molar-refractivity contribution in [1.29, 1.82) is 0 Å². The van der Waals surface area contributed by atoms with Crippen molar-refractivity contribution in [3.05, 3.63) is 22.7 Å². The maximum Gasteiger partial charge on any atom is 0.242 e. The first-order valence-electron chi connectivity index (χ1n) is 6.92. The van der Waals surface area contributed by atoms with Crippen LogP contribution in [0.4, 0.5) is 11.4 Å². The molecular formula is C14H19BrN4O. The van der Waals surface area contributed by atoms with Gasteiger partial charge in [-0.15, -0.1) is 0 Å².